The Hall–Kier alpha value is -1.89. The Morgan fingerprint density at radius 1 is 1.19 bits per heavy atom. The second-order valence-corrected chi connectivity index (χ2v) is 5.25. The fraction of sp³-hybridized carbons (Fsp3) is 0.643. The lowest BCUT2D eigenvalue weighted by molar-refractivity contribution is 0.127. The number of hydrogen-bond acceptors (Lipinski definition) is 6. The van der Waals surface area contributed by atoms with E-state index >= 15 is 0 Å². The van der Waals surface area contributed by atoms with Crippen LogP contribution in [0.1, 0.15) is 33.6 Å². The van der Waals surface area contributed by atoms with Crippen LogP contribution in [0.25, 0.3) is 11.2 Å². The number of fused-ring (bicyclic) bond motifs is 1. The number of nitrogens with zero attached hydrogens (tertiary/aromatic N) is 3. The van der Waals surface area contributed by atoms with Gasteiger partial charge < -0.3 is 20.7 Å². The molecule has 0 amide bonds. The predicted molar refractivity (Wildman–Crippen MR) is 84.4 cm³/mol. The van der Waals surface area contributed by atoms with Gasteiger partial charge in [-0.1, -0.05) is 13.8 Å². The van der Waals surface area contributed by atoms with Crippen LogP contribution in [-0.4, -0.2) is 44.7 Å². The van der Waals surface area contributed by atoms with Crippen LogP contribution < -0.4 is 10.6 Å². The van der Waals surface area contributed by atoms with Crippen molar-refractivity contribution in [1.29, 1.82) is 0 Å². The molecule has 21 heavy (non-hydrogen) atoms. The Balaban J connectivity index is 2.26. The maximum Gasteiger partial charge on any atom is 0.226 e. The van der Waals surface area contributed by atoms with Gasteiger partial charge in [0.15, 0.2) is 11.5 Å². The molecule has 0 aliphatic heterocycles. The van der Waals surface area contributed by atoms with Gasteiger partial charge in [-0.25, -0.2) is 4.98 Å². The number of rotatable bonds is 8. The molecule has 0 unspecified atom stereocenters. The van der Waals surface area contributed by atoms with Crippen molar-refractivity contribution in [2.45, 2.75) is 33.6 Å². The summed E-state index contributed by atoms with van der Waals surface area (Å²) < 4.78 is 0. The number of anilines is 2. The molecule has 0 bridgehead atoms. The van der Waals surface area contributed by atoms with Crippen LogP contribution in [0, 0.1) is 5.41 Å². The molecule has 2 aromatic heterocycles. The summed E-state index contributed by atoms with van der Waals surface area (Å²) in [5, 5.41) is 16.1. The average Bonchev–Trinajstić information content (AvgIpc) is 2.98. The fourth-order valence-electron chi connectivity index (χ4n) is 2.25. The average molecular weight is 292 g/mol. The Morgan fingerprint density at radius 2 is 1.95 bits per heavy atom. The van der Waals surface area contributed by atoms with Gasteiger partial charge in [-0.05, 0) is 19.8 Å². The predicted octanol–water partition coefficient (Wildman–Crippen LogP) is 2.00. The molecule has 2 aromatic rings. The number of aromatic nitrogens is 4. The van der Waals surface area contributed by atoms with Crippen LogP contribution in [-0.2, 0) is 0 Å². The zero-order chi connectivity index (χ0) is 15.3. The highest BCUT2D eigenvalue weighted by molar-refractivity contribution is 5.83. The summed E-state index contributed by atoms with van der Waals surface area (Å²) in [6.45, 7) is 7.75. The number of nitrogens with one attached hydrogen (secondary N) is 3. The summed E-state index contributed by atoms with van der Waals surface area (Å²) in [6, 6.07) is 0. The lowest BCUT2D eigenvalue weighted by atomic mass is 9.83. The van der Waals surface area contributed by atoms with Crippen LogP contribution in [0.2, 0.25) is 0 Å². The van der Waals surface area contributed by atoms with Crippen molar-refractivity contribution in [3.8, 4) is 0 Å². The van der Waals surface area contributed by atoms with E-state index in [-0.39, 0.29) is 12.0 Å². The SMILES string of the molecule is CCNc1nc(NCC(CC)(CC)CO)c2[nH]cnc2n1. The van der Waals surface area contributed by atoms with Crippen LogP contribution in [0.3, 0.4) is 0 Å². The quantitative estimate of drug-likeness (QED) is 0.594. The molecular weight excluding hydrogens is 268 g/mol. The zero-order valence-corrected chi connectivity index (χ0v) is 12.9. The molecule has 0 aliphatic rings. The van der Waals surface area contributed by atoms with Crippen LogP contribution in [0.4, 0.5) is 11.8 Å². The Morgan fingerprint density at radius 3 is 2.57 bits per heavy atom. The number of hydrogen-bond donors (Lipinski definition) is 4. The van der Waals surface area contributed by atoms with E-state index in [1.54, 1.807) is 6.33 Å². The van der Waals surface area contributed by atoms with E-state index in [0.29, 0.717) is 24.0 Å². The first-order chi connectivity index (χ1) is 10.2. The van der Waals surface area contributed by atoms with Gasteiger partial charge in [-0.3, -0.25) is 0 Å². The smallest absolute Gasteiger partial charge is 0.226 e. The Labute approximate surface area is 124 Å². The lowest BCUT2D eigenvalue weighted by Gasteiger charge is -2.29. The molecule has 2 rings (SSSR count). The zero-order valence-electron chi connectivity index (χ0n) is 12.9. The normalized spacial score (nSPS) is 11.8. The molecule has 0 spiro atoms. The first kappa shape index (κ1) is 15.5. The fourth-order valence-corrected chi connectivity index (χ4v) is 2.25. The third-order valence-corrected chi connectivity index (χ3v) is 4.09. The molecule has 4 N–H and O–H groups in total. The second kappa shape index (κ2) is 6.71. The minimum atomic E-state index is -0.129. The molecule has 7 heteroatoms. The highest BCUT2D eigenvalue weighted by Gasteiger charge is 2.25. The summed E-state index contributed by atoms with van der Waals surface area (Å²) in [6.07, 6.45) is 3.42. The maximum absolute atomic E-state index is 9.66. The van der Waals surface area contributed by atoms with Gasteiger partial charge in [0.05, 0.1) is 12.9 Å². The second-order valence-electron chi connectivity index (χ2n) is 5.25. The minimum Gasteiger partial charge on any atom is -0.396 e. The summed E-state index contributed by atoms with van der Waals surface area (Å²) in [4.78, 5) is 16.1. The third kappa shape index (κ3) is 3.24. The van der Waals surface area contributed by atoms with Crippen molar-refractivity contribution in [3.63, 3.8) is 0 Å². The minimum absolute atomic E-state index is 0.129. The van der Waals surface area contributed by atoms with Gasteiger partial charge in [0, 0.05) is 18.5 Å². The molecule has 0 radical (unpaired) electrons. The number of aromatic amines is 1. The first-order valence-corrected chi connectivity index (χ1v) is 7.47. The molecule has 0 saturated carbocycles. The van der Waals surface area contributed by atoms with Crippen LogP contribution in [0.15, 0.2) is 6.33 Å². The molecule has 116 valence electrons. The first-order valence-electron chi connectivity index (χ1n) is 7.47. The van der Waals surface area contributed by atoms with Gasteiger partial charge in [0.25, 0.3) is 0 Å². The standard InChI is InChI=1S/C14H24N6O/c1-4-14(5-2,8-21)7-16-11-10-12(18-9-17-10)20-13(19-11)15-6-3/h9,21H,4-8H2,1-3H3,(H3,15,16,17,18,19,20). The largest absolute Gasteiger partial charge is 0.396 e. The molecule has 0 aromatic carbocycles. The topological polar surface area (TPSA) is 98.8 Å². The van der Waals surface area contributed by atoms with Crippen molar-refractivity contribution in [1.82, 2.24) is 19.9 Å². The van der Waals surface area contributed by atoms with Crippen molar-refractivity contribution in [3.05, 3.63) is 6.33 Å². The van der Waals surface area contributed by atoms with Crippen molar-refractivity contribution >= 4 is 22.9 Å². The van der Waals surface area contributed by atoms with Crippen molar-refractivity contribution in [2.75, 3.05) is 30.3 Å². The molecule has 0 atom stereocenters. The van der Waals surface area contributed by atoms with Crippen molar-refractivity contribution in [2.24, 2.45) is 5.41 Å². The van der Waals surface area contributed by atoms with Gasteiger partial charge in [-0.15, -0.1) is 0 Å². The Bertz CT molecular complexity index is 570. The van der Waals surface area contributed by atoms with E-state index in [4.69, 9.17) is 0 Å². The molecule has 7 nitrogen and oxygen atoms in total. The van der Waals surface area contributed by atoms with Gasteiger partial charge in [0.1, 0.15) is 5.52 Å². The van der Waals surface area contributed by atoms with E-state index in [0.717, 1.165) is 24.9 Å². The van der Waals surface area contributed by atoms with Gasteiger partial charge in [-0.2, -0.15) is 9.97 Å². The number of aliphatic hydroxyl groups is 1. The lowest BCUT2D eigenvalue weighted by Crippen LogP contribution is -2.32. The highest BCUT2D eigenvalue weighted by atomic mass is 16.3. The molecule has 2 heterocycles. The third-order valence-electron chi connectivity index (χ3n) is 4.09. The van der Waals surface area contributed by atoms with E-state index in [1.165, 1.54) is 0 Å². The van der Waals surface area contributed by atoms with E-state index in [1.807, 2.05) is 6.92 Å². The van der Waals surface area contributed by atoms with E-state index in [2.05, 4.69) is 44.4 Å². The number of imidazole rings is 1. The molecule has 0 saturated heterocycles. The number of H-pyrrole nitrogens is 1. The van der Waals surface area contributed by atoms with Gasteiger partial charge in [0.2, 0.25) is 5.95 Å². The van der Waals surface area contributed by atoms with Gasteiger partial charge >= 0.3 is 0 Å². The molecule has 0 aliphatic carbocycles. The summed E-state index contributed by atoms with van der Waals surface area (Å²) >= 11 is 0. The number of aliphatic hydroxyl groups excluding tert-OH is 1. The monoisotopic (exact) mass is 292 g/mol. The summed E-state index contributed by atoms with van der Waals surface area (Å²) in [5.41, 5.74) is 1.29. The summed E-state index contributed by atoms with van der Waals surface area (Å²) in [5.74, 6) is 1.27. The molecule has 0 fully saturated rings. The highest BCUT2D eigenvalue weighted by Crippen LogP contribution is 2.27. The van der Waals surface area contributed by atoms with Crippen LogP contribution >= 0.6 is 0 Å². The van der Waals surface area contributed by atoms with E-state index in [9.17, 15) is 5.11 Å². The maximum atomic E-state index is 9.66. The summed E-state index contributed by atoms with van der Waals surface area (Å²) in [7, 11) is 0. The van der Waals surface area contributed by atoms with Crippen LogP contribution in [0.5, 0.6) is 0 Å². The van der Waals surface area contributed by atoms with E-state index < -0.39 is 0 Å². The molecular formula is C14H24N6O. The Kier molecular flexibility index (Phi) is 4.95. The van der Waals surface area contributed by atoms with Crippen molar-refractivity contribution < 1.29 is 5.11 Å².